The fourth-order valence-electron chi connectivity index (χ4n) is 4.27. The van der Waals surface area contributed by atoms with Gasteiger partial charge in [-0.1, -0.05) is 81.5 Å². The van der Waals surface area contributed by atoms with E-state index in [-0.39, 0.29) is 0 Å². The Kier molecular flexibility index (Phi) is 6.67. The zero-order valence-electron chi connectivity index (χ0n) is 17.6. The van der Waals surface area contributed by atoms with Gasteiger partial charge in [-0.2, -0.15) is 0 Å². The maximum atomic E-state index is 12.5. The molecular weight excluding hydrogens is 340 g/mol. The fourth-order valence-corrected chi connectivity index (χ4v) is 4.27. The Balaban J connectivity index is 0.00000109. The highest BCUT2D eigenvalue weighted by Gasteiger charge is 2.20. The Morgan fingerprint density at radius 3 is 2.68 bits per heavy atom. The predicted molar refractivity (Wildman–Crippen MR) is 120 cm³/mol. The van der Waals surface area contributed by atoms with Crippen molar-refractivity contribution in [1.29, 1.82) is 0 Å². The minimum absolute atomic E-state index is 0.336. The van der Waals surface area contributed by atoms with Crippen molar-refractivity contribution < 1.29 is 4.79 Å². The summed E-state index contributed by atoms with van der Waals surface area (Å²) in [6.07, 6.45) is 7.40. The summed E-state index contributed by atoms with van der Waals surface area (Å²) in [5, 5.41) is 0. The number of carbonyl (C=O) groups excluding carboxylic acids is 1. The molecular formula is C27H32O. The molecule has 1 unspecified atom stereocenters. The molecule has 1 nitrogen and oxygen atoms in total. The van der Waals surface area contributed by atoms with Gasteiger partial charge in [0, 0.05) is 18.8 Å². The molecule has 2 aromatic carbocycles. The molecule has 0 aliphatic heterocycles. The molecule has 28 heavy (non-hydrogen) atoms. The van der Waals surface area contributed by atoms with Crippen LogP contribution in [-0.4, -0.2) is 5.78 Å². The molecule has 2 aromatic rings. The summed E-state index contributed by atoms with van der Waals surface area (Å²) in [6.45, 7) is 10.5. The molecule has 0 saturated heterocycles. The van der Waals surface area contributed by atoms with E-state index in [1.165, 1.54) is 39.0 Å². The normalized spacial score (nSPS) is 17.2. The van der Waals surface area contributed by atoms with E-state index >= 15 is 0 Å². The van der Waals surface area contributed by atoms with Gasteiger partial charge in [0.2, 0.25) is 0 Å². The summed E-state index contributed by atoms with van der Waals surface area (Å²) in [5.41, 5.74) is 9.30. The summed E-state index contributed by atoms with van der Waals surface area (Å²) in [4.78, 5) is 12.5. The largest absolute Gasteiger partial charge is 0.299 e. The van der Waals surface area contributed by atoms with Crippen LogP contribution in [0.3, 0.4) is 0 Å². The maximum Gasteiger partial charge on any atom is 0.137 e. The topological polar surface area (TPSA) is 17.1 Å². The van der Waals surface area contributed by atoms with Crippen molar-refractivity contribution in [2.75, 3.05) is 0 Å². The Labute approximate surface area is 170 Å². The van der Waals surface area contributed by atoms with Gasteiger partial charge in [0.25, 0.3) is 0 Å². The van der Waals surface area contributed by atoms with E-state index in [1.54, 1.807) is 0 Å². The van der Waals surface area contributed by atoms with Crippen LogP contribution < -0.4 is 0 Å². The van der Waals surface area contributed by atoms with Crippen LogP contribution >= 0.6 is 0 Å². The van der Waals surface area contributed by atoms with E-state index in [1.807, 2.05) is 13.8 Å². The summed E-state index contributed by atoms with van der Waals surface area (Å²) in [5.74, 6) is 0.776. The molecule has 0 aromatic heterocycles. The number of hydrogen-bond acceptors (Lipinski definition) is 1. The first-order valence-corrected chi connectivity index (χ1v) is 10.7. The average Bonchev–Trinajstić information content (AvgIpc) is 3.14. The fraction of sp³-hybridized carbons (Fsp3) is 0.370. The van der Waals surface area contributed by atoms with Gasteiger partial charge in [0.15, 0.2) is 0 Å². The SMILES string of the molecule is C=C1CCc2ccc(CCC(=O)CC3=CCc4ccccc43)cc2C1C.CC. The Morgan fingerprint density at radius 1 is 1.07 bits per heavy atom. The highest BCUT2D eigenvalue weighted by atomic mass is 16.1. The second-order valence-electron chi connectivity index (χ2n) is 7.72. The predicted octanol–water partition coefficient (Wildman–Crippen LogP) is 6.85. The second-order valence-corrected chi connectivity index (χ2v) is 7.72. The minimum atomic E-state index is 0.336. The molecule has 0 heterocycles. The molecule has 0 spiro atoms. The number of benzene rings is 2. The lowest BCUT2D eigenvalue weighted by Gasteiger charge is -2.25. The highest BCUT2D eigenvalue weighted by molar-refractivity contribution is 5.92. The maximum absolute atomic E-state index is 12.5. The second kappa shape index (κ2) is 9.19. The van der Waals surface area contributed by atoms with Crippen LogP contribution in [0, 0.1) is 0 Å². The van der Waals surface area contributed by atoms with Gasteiger partial charge in [0.1, 0.15) is 5.78 Å². The third-order valence-corrected chi connectivity index (χ3v) is 6.02. The van der Waals surface area contributed by atoms with Crippen LogP contribution in [0.25, 0.3) is 5.57 Å². The standard InChI is InChI=1S/C25H26O.C2H6/c1-17-7-10-21-11-8-19(15-25(21)18(17)2)9-14-23(26)16-22-13-12-20-5-3-4-6-24(20)22;1-2/h3-6,8,11,13,15,18H,1,7,9-10,12,14,16H2,2H3;1-2H3. The van der Waals surface area contributed by atoms with Crippen molar-refractivity contribution in [1.82, 2.24) is 0 Å². The molecule has 2 aliphatic rings. The van der Waals surface area contributed by atoms with Crippen LogP contribution in [0.5, 0.6) is 0 Å². The van der Waals surface area contributed by atoms with Gasteiger partial charge in [0.05, 0.1) is 0 Å². The highest BCUT2D eigenvalue weighted by Crippen LogP contribution is 2.35. The number of allylic oxidation sites excluding steroid dienone is 3. The number of Topliss-reactive ketones (excluding diaryl/α,β-unsaturated/α-hetero) is 1. The van der Waals surface area contributed by atoms with Gasteiger partial charge in [-0.25, -0.2) is 0 Å². The lowest BCUT2D eigenvalue weighted by Crippen LogP contribution is -2.10. The first-order valence-electron chi connectivity index (χ1n) is 10.7. The molecule has 1 heteroatoms. The van der Waals surface area contributed by atoms with Crippen molar-refractivity contribution in [2.45, 2.75) is 65.2 Å². The molecule has 0 N–H and O–H groups in total. The number of ketones is 1. The average molecular weight is 373 g/mol. The van der Waals surface area contributed by atoms with Gasteiger partial charge < -0.3 is 0 Å². The molecule has 2 aliphatic carbocycles. The van der Waals surface area contributed by atoms with Crippen molar-refractivity contribution >= 4 is 11.4 Å². The van der Waals surface area contributed by atoms with E-state index in [0.29, 0.717) is 24.5 Å². The monoisotopic (exact) mass is 372 g/mol. The Hall–Kier alpha value is -2.41. The van der Waals surface area contributed by atoms with E-state index < -0.39 is 0 Å². The Morgan fingerprint density at radius 2 is 1.86 bits per heavy atom. The summed E-state index contributed by atoms with van der Waals surface area (Å²) < 4.78 is 0. The Bertz CT molecular complexity index is 900. The number of fused-ring (bicyclic) bond motifs is 2. The van der Waals surface area contributed by atoms with Crippen LogP contribution in [0.4, 0.5) is 0 Å². The molecule has 1 atom stereocenters. The van der Waals surface area contributed by atoms with Gasteiger partial charge >= 0.3 is 0 Å². The molecule has 146 valence electrons. The van der Waals surface area contributed by atoms with E-state index in [9.17, 15) is 4.79 Å². The minimum Gasteiger partial charge on any atom is -0.299 e. The molecule has 0 amide bonds. The van der Waals surface area contributed by atoms with Crippen molar-refractivity contribution in [3.8, 4) is 0 Å². The number of rotatable bonds is 5. The van der Waals surface area contributed by atoms with Crippen molar-refractivity contribution in [3.63, 3.8) is 0 Å². The lowest BCUT2D eigenvalue weighted by atomic mass is 9.80. The van der Waals surface area contributed by atoms with Crippen LogP contribution in [0.15, 0.2) is 60.7 Å². The third-order valence-electron chi connectivity index (χ3n) is 6.02. The smallest absolute Gasteiger partial charge is 0.137 e. The molecule has 0 bridgehead atoms. The number of aryl methyl sites for hydroxylation is 2. The number of hydrogen-bond donors (Lipinski definition) is 0. The zero-order valence-corrected chi connectivity index (χ0v) is 17.6. The summed E-state index contributed by atoms with van der Waals surface area (Å²) in [7, 11) is 0. The molecule has 0 radical (unpaired) electrons. The number of carbonyl (C=O) groups is 1. The zero-order chi connectivity index (χ0) is 20.1. The third kappa shape index (κ3) is 4.35. The molecule has 0 saturated carbocycles. The van der Waals surface area contributed by atoms with Crippen LogP contribution in [-0.2, 0) is 24.1 Å². The van der Waals surface area contributed by atoms with Crippen LogP contribution in [0.2, 0.25) is 0 Å². The van der Waals surface area contributed by atoms with Gasteiger partial charge in [-0.3, -0.25) is 4.79 Å². The molecule has 4 rings (SSSR count). The lowest BCUT2D eigenvalue weighted by molar-refractivity contribution is -0.118. The summed E-state index contributed by atoms with van der Waals surface area (Å²) in [6, 6.07) is 15.2. The van der Waals surface area contributed by atoms with E-state index in [2.05, 4.69) is 62.0 Å². The summed E-state index contributed by atoms with van der Waals surface area (Å²) >= 11 is 0. The van der Waals surface area contributed by atoms with Crippen molar-refractivity contribution in [2.24, 2.45) is 0 Å². The van der Waals surface area contributed by atoms with Crippen LogP contribution in [0.1, 0.15) is 73.8 Å². The molecule has 0 fully saturated rings. The van der Waals surface area contributed by atoms with E-state index in [4.69, 9.17) is 0 Å². The van der Waals surface area contributed by atoms with Gasteiger partial charge in [-0.15, -0.1) is 0 Å². The first-order chi connectivity index (χ1) is 13.6. The van der Waals surface area contributed by atoms with Gasteiger partial charge in [-0.05, 0) is 59.1 Å². The quantitative estimate of drug-likeness (QED) is 0.525. The van der Waals surface area contributed by atoms with E-state index in [0.717, 1.165) is 25.7 Å². The van der Waals surface area contributed by atoms with Crippen molar-refractivity contribution in [3.05, 3.63) is 88.5 Å². The first kappa shape index (κ1) is 20.3.